The van der Waals surface area contributed by atoms with Crippen LogP contribution in [0.3, 0.4) is 0 Å². The number of nitrogens with one attached hydrogen (secondary N) is 2. The van der Waals surface area contributed by atoms with Gasteiger partial charge >= 0.3 is 5.97 Å². The standard InChI is InChI=1S/C48H39IN6O6S4/c1-59-34-23-21-29(22-24-34)27-61-45(58)41-42(65-47-51-39-30(26-49)13-12-20-36(39)63-47)44(64-38-25-37(56)55(38)41)52-43(57)40(54-60-2)35-28-62-46(50-35)53-48(31-14-6-3-7-15-31,32-16-8-4-9-17-32)33-18-10-5-11-19-33/h3-24,28,38,44H,25-27H2,1-2H3,(H,50,53)(H,52,57)/t38-,44?/m0/s1. The van der Waals surface area contributed by atoms with Crippen LogP contribution in [0.2, 0.25) is 0 Å². The van der Waals surface area contributed by atoms with Crippen LogP contribution < -0.4 is 15.4 Å². The number of carbonyl (C=O) groups is 3. The summed E-state index contributed by atoms with van der Waals surface area (Å²) in [6.07, 6.45) is 0.177. The van der Waals surface area contributed by atoms with Gasteiger partial charge in [0.2, 0.25) is 5.91 Å². The van der Waals surface area contributed by atoms with E-state index < -0.39 is 28.2 Å². The van der Waals surface area contributed by atoms with Crippen LogP contribution in [-0.4, -0.2) is 63.3 Å². The predicted octanol–water partition coefficient (Wildman–Crippen LogP) is 9.95. The maximum Gasteiger partial charge on any atom is 0.356 e. The highest BCUT2D eigenvalue weighted by atomic mass is 127. The van der Waals surface area contributed by atoms with Gasteiger partial charge in [0.1, 0.15) is 41.8 Å². The number of nitrogens with zero attached hydrogens (tertiary/aromatic N) is 4. The van der Waals surface area contributed by atoms with Crippen molar-refractivity contribution >= 4 is 108 Å². The van der Waals surface area contributed by atoms with Gasteiger partial charge in [0, 0.05) is 9.81 Å². The van der Waals surface area contributed by atoms with Gasteiger partial charge in [-0.2, -0.15) is 0 Å². The third-order valence-corrected chi connectivity index (χ3v) is 16.1. The van der Waals surface area contributed by atoms with Crippen LogP contribution in [0.5, 0.6) is 5.75 Å². The smallest absolute Gasteiger partial charge is 0.356 e. The number of rotatable bonds is 16. The molecule has 5 aromatic carbocycles. The van der Waals surface area contributed by atoms with Gasteiger partial charge in [-0.25, -0.2) is 14.8 Å². The van der Waals surface area contributed by atoms with Crippen molar-refractivity contribution in [2.45, 2.75) is 38.1 Å². The molecule has 0 saturated carbocycles. The van der Waals surface area contributed by atoms with Crippen molar-refractivity contribution < 1.29 is 28.7 Å². The second-order valence-corrected chi connectivity index (χ2v) is 19.9. The number of anilines is 1. The molecule has 7 aromatic rings. The van der Waals surface area contributed by atoms with Gasteiger partial charge < -0.3 is 24.9 Å². The number of oxime groups is 1. The molecular formula is C48H39IN6O6S4. The molecule has 12 nitrogen and oxygen atoms in total. The number of alkyl halides is 1. The highest BCUT2D eigenvalue weighted by Crippen LogP contribution is 2.50. The monoisotopic (exact) mass is 1050 g/mol. The molecule has 328 valence electrons. The van der Waals surface area contributed by atoms with E-state index >= 15 is 0 Å². The van der Waals surface area contributed by atoms with E-state index in [0.717, 1.165) is 42.5 Å². The summed E-state index contributed by atoms with van der Waals surface area (Å²) in [7, 11) is 2.95. The predicted molar refractivity (Wildman–Crippen MR) is 266 cm³/mol. The molecule has 2 amide bonds. The largest absolute Gasteiger partial charge is 0.497 e. The number of amides is 2. The number of aromatic nitrogens is 2. The van der Waals surface area contributed by atoms with Gasteiger partial charge in [-0.05, 0) is 46.0 Å². The lowest BCUT2D eigenvalue weighted by molar-refractivity contribution is -0.150. The summed E-state index contributed by atoms with van der Waals surface area (Å²) < 4.78 is 13.6. The molecule has 1 fully saturated rings. The SMILES string of the molecule is CON=C(C(=O)NC1S[C@H]2CC(=O)N2C(C(=O)OCc2ccc(OC)cc2)=C1Sc1nc2c(CI)cccc2s1)c1csc(NC(c2ccccc2)(c2ccccc2)c2ccccc2)n1. The van der Waals surface area contributed by atoms with E-state index in [0.29, 0.717) is 20.1 Å². The van der Waals surface area contributed by atoms with Crippen LogP contribution >= 0.6 is 68.8 Å². The first kappa shape index (κ1) is 44.5. The third kappa shape index (κ3) is 9.12. The summed E-state index contributed by atoms with van der Waals surface area (Å²) >= 11 is 7.70. The number of β-lactam (4-membered cyclic amide) rings is 1. The lowest BCUT2D eigenvalue weighted by atomic mass is 9.77. The number of benzene rings is 5. The van der Waals surface area contributed by atoms with Crippen molar-refractivity contribution in [1.29, 1.82) is 0 Å². The van der Waals surface area contributed by atoms with Crippen molar-refractivity contribution in [1.82, 2.24) is 20.2 Å². The molecule has 1 saturated heterocycles. The van der Waals surface area contributed by atoms with Crippen molar-refractivity contribution in [3.8, 4) is 5.75 Å². The van der Waals surface area contributed by atoms with Gasteiger partial charge in [-0.1, -0.05) is 155 Å². The molecular weight excluding hydrogens is 1010 g/mol. The summed E-state index contributed by atoms with van der Waals surface area (Å²) in [4.78, 5) is 59.4. The quantitative estimate of drug-likeness (QED) is 0.0182. The number of hydrogen-bond donors (Lipinski definition) is 2. The van der Waals surface area contributed by atoms with Crippen molar-refractivity contribution in [2.24, 2.45) is 5.16 Å². The van der Waals surface area contributed by atoms with Gasteiger partial charge in [-0.3, -0.25) is 14.5 Å². The maximum absolute atomic E-state index is 14.6. The Balaban J connectivity index is 1.06. The average Bonchev–Trinajstić information content (AvgIpc) is 3.99. The second kappa shape index (κ2) is 19.8. The number of thiazole rings is 2. The lowest BCUT2D eigenvalue weighted by Crippen LogP contribution is -2.57. The molecule has 2 atom stereocenters. The molecule has 9 rings (SSSR count). The summed E-state index contributed by atoms with van der Waals surface area (Å²) in [5, 5.41) is 12.1. The molecule has 2 aromatic heterocycles. The second-order valence-electron chi connectivity index (χ2n) is 14.7. The van der Waals surface area contributed by atoms with Crippen molar-refractivity contribution in [3.63, 3.8) is 0 Å². The van der Waals surface area contributed by atoms with Gasteiger partial charge in [0.05, 0.1) is 34.0 Å². The molecule has 1 unspecified atom stereocenters. The fraction of sp³-hybridized carbons (Fsp3) is 0.167. The van der Waals surface area contributed by atoms with E-state index in [1.807, 2.05) is 72.8 Å². The van der Waals surface area contributed by atoms with Gasteiger partial charge in [-0.15, -0.1) is 34.4 Å². The maximum atomic E-state index is 14.6. The topological polar surface area (TPSA) is 144 Å². The zero-order chi connectivity index (χ0) is 44.9. The van der Waals surface area contributed by atoms with Crippen LogP contribution in [0.1, 0.15) is 39.9 Å². The Kier molecular flexibility index (Phi) is 13.5. The first-order chi connectivity index (χ1) is 31.8. The molecule has 17 heteroatoms. The molecule has 0 bridgehead atoms. The highest BCUT2D eigenvalue weighted by molar-refractivity contribution is 14.1. The number of fused-ring (bicyclic) bond motifs is 2. The normalized spacial score (nSPS) is 16.1. The third-order valence-electron chi connectivity index (χ3n) is 10.8. The fourth-order valence-corrected chi connectivity index (χ4v) is 12.9. The van der Waals surface area contributed by atoms with Crippen LogP contribution in [0.25, 0.3) is 10.2 Å². The fourth-order valence-electron chi connectivity index (χ4n) is 7.66. The summed E-state index contributed by atoms with van der Waals surface area (Å²) in [6, 6.07) is 43.7. The minimum atomic E-state index is -0.863. The van der Waals surface area contributed by atoms with Gasteiger partial charge in [0.25, 0.3) is 5.91 Å². The summed E-state index contributed by atoms with van der Waals surface area (Å²) in [5.41, 5.74) is 5.04. The van der Waals surface area contributed by atoms with Crippen molar-refractivity contribution in [2.75, 3.05) is 19.5 Å². The molecule has 0 radical (unpaired) electrons. The number of thioether (sulfide) groups is 2. The molecule has 2 aliphatic rings. The van der Waals surface area contributed by atoms with Crippen LogP contribution in [0.15, 0.2) is 159 Å². The number of carbonyl (C=O) groups excluding carboxylic acids is 3. The Morgan fingerprint density at radius 2 is 1.54 bits per heavy atom. The zero-order valence-electron chi connectivity index (χ0n) is 34.8. The summed E-state index contributed by atoms with van der Waals surface area (Å²) in [5.74, 6) is -0.850. The summed E-state index contributed by atoms with van der Waals surface area (Å²) in [6.45, 7) is -0.0494. The van der Waals surface area contributed by atoms with E-state index in [-0.39, 0.29) is 36.0 Å². The zero-order valence-corrected chi connectivity index (χ0v) is 40.2. The van der Waals surface area contributed by atoms with Crippen molar-refractivity contribution in [3.05, 3.63) is 183 Å². The number of hydrogen-bond acceptors (Lipinski definition) is 14. The minimum absolute atomic E-state index is 0.0494. The molecule has 0 aliphatic carbocycles. The average molecular weight is 1050 g/mol. The first-order valence-corrected chi connectivity index (χ1v) is 25.2. The Hall–Kier alpha value is -5.73. The molecule has 4 heterocycles. The van der Waals surface area contributed by atoms with E-state index in [9.17, 15) is 14.4 Å². The molecule has 65 heavy (non-hydrogen) atoms. The number of esters is 1. The number of methoxy groups -OCH3 is 1. The Morgan fingerprint density at radius 1 is 0.877 bits per heavy atom. The Morgan fingerprint density at radius 3 is 2.14 bits per heavy atom. The number of ether oxygens (including phenoxy) is 2. The van der Waals surface area contributed by atoms with Crippen LogP contribution in [0, 0.1) is 0 Å². The first-order valence-electron chi connectivity index (χ1n) is 20.3. The van der Waals surface area contributed by atoms with Gasteiger partial charge in [0.15, 0.2) is 15.2 Å². The number of para-hydroxylation sites is 1. The minimum Gasteiger partial charge on any atom is -0.497 e. The van der Waals surface area contributed by atoms with E-state index in [2.05, 4.69) is 74.8 Å². The van der Waals surface area contributed by atoms with Crippen LogP contribution in [-0.2, 0) is 40.5 Å². The molecule has 0 spiro atoms. The highest BCUT2D eigenvalue weighted by Gasteiger charge is 2.50. The van der Waals surface area contributed by atoms with E-state index in [4.69, 9.17) is 24.3 Å². The molecule has 2 aliphatic heterocycles. The number of halogens is 1. The molecule has 2 N–H and O–H groups in total. The van der Waals surface area contributed by atoms with Crippen LogP contribution in [0.4, 0.5) is 5.13 Å². The lowest BCUT2D eigenvalue weighted by Gasteiger charge is -2.46. The van der Waals surface area contributed by atoms with E-state index in [1.165, 1.54) is 58.2 Å². The van der Waals surface area contributed by atoms with E-state index in [1.54, 1.807) is 36.8 Å². The Labute approximate surface area is 405 Å². The Bertz CT molecular complexity index is 2820.